The van der Waals surface area contributed by atoms with E-state index in [1.54, 1.807) is 6.20 Å². The zero-order valence-corrected chi connectivity index (χ0v) is 12.5. The molecule has 2 N–H and O–H groups in total. The van der Waals surface area contributed by atoms with Crippen LogP contribution in [0, 0.1) is 6.92 Å². The van der Waals surface area contributed by atoms with E-state index in [0.717, 1.165) is 31.4 Å². The van der Waals surface area contributed by atoms with E-state index in [1.165, 1.54) is 6.42 Å². The van der Waals surface area contributed by atoms with E-state index in [0.29, 0.717) is 24.9 Å². The molecular formula is C16H23N3O2. The third-order valence-corrected chi connectivity index (χ3v) is 4.30. The summed E-state index contributed by atoms with van der Waals surface area (Å²) < 4.78 is 5.79. The van der Waals surface area contributed by atoms with Crippen molar-refractivity contribution in [2.75, 3.05) is 13.2 Å². The van der Waals surface area contributed by atoms with Gasteiger partial charge in [-0.1, -0.05) is 6.07 Å². The lowest BCUT2D eigenvalue weighted by Gasteiger charge is -2.19. The quantitative estimate of drug-likeness (QED) is 0.834. The molecule has 3 rings (SSSR count). The molecule has 2 heterocycles. The molecule has 0 aromatic carbocycles. The molecule has 1 aromatic heterocycles. The maximum absolute atomic E-state index is 12.1. The van der Waals surface area contributed by atoms with Crippen LogP contribution in [0.4, 0.5) is 0 Å². The zero-order valence-electron chi connectivity index (χ0n) is 12.5. The molecule has 1 saturated carbocycles. The highest BCUT2D eigenvalue weighted by Gasteiger charge is 2.45. The third-order valence-electron chi connectivity index (χ3n) is 4.30. The van der Waals surface area contributed by atoms with Gasteiger partial charge < -0.3 is 15.4 Å². The number of aryl methyl sites for hydroxylation is 1. The summed E-state index contributed by atoms with van der Waals surface area (Å²) in [6.07, 6.45) is 6.55. The molecule has 1 aliphatic carbocycles. The van der Waals surface area contributed by atoms with Crippen LogP contribution in [0.5, 0.6) is 5.88 Å². The van der Waals surface area contributed by atoms with Gasteiger partial charge in [0.15, 0.2) is 0 Å². The second kappa shape index (κ2) is 6.02. The minimum Gasteiger partial charge on any atom is -0.475 e. The van der Waals surface area contributed by atoms with Crippen molar-refractivity contribution in [1.82, 2.24) is 15.6 Å². The van der Waals surface area contributed by atoms with Gasteiger partial charge in [-0.2, -0.15) is 0 Å². The normalized spacial score (nSPS) is 22.8. The number of nitrogens with zero attached hydrogens (tertiary/aromatic N) is 1. The van der Waals surface area contributed by atoms with Crippen molar-refractivity contribution in [1.29, 1.82) is 0 Å². The second-order valence-corrected chi connectivity index (χ2v) is 6.24. The minimum absolute atomic E-state index is 0.133. The lowest BCUT2D eigenvalue weighted by molar-refractivity contribution is -0.122. The van der Waals surface area contributed by atoms with Gasteiger partial charge in [-0.3, -0.25) is 4.79 Å². The van der Waals surface area contributed by atoms with Crippen LogP contribution in [0.3, 0.4) is 0 Å². The Morgan fingerprint density at radius 1 is 1.57 bits per heavy atom. The summed E-state index contributed by atoms with van der Waals surface area (Å²) in [7, 11) is 0. The molecule has 1 amide bonds. The Hall–Kier alpha value is -1.62. The molecular weight excluding hydrogens is 266 g/mol. The predicted octanol–water partition coefficient (Wildman–Crippen LogP) is 1.56. The summed E-state index contributed by atoms with van der Waals surface area (Å²) in [5, 5.41) is 6.51. The van der Waals surface area contributed by atoms with Gasteiger partial charge in [-0.05, 0) is 45.2 Å². The Labute approximate surface area is 125 Å². The molecule has 114 valence electrons. The SMILES string of the molecule is Cc1cccnc1OCC1(NC(=O)CC2CCCN2)CC1. The van der Waals surface area contributed by atoms with E-state index in [2.05, 4.69) is 15.6 Å². The van der Waals surface area contributed by atoms with Gasteiger partial charge in [0.05, 0.1) is 5.54 Å². The van der Waals surface area contributed by atoms with E-state index in [1.807, 2.05) is 19.1 Å². The van der Waals surface area contributed by atoms with Crippen molar-refractivity contribution in [3.8, 4) is 5.88 Å². The van der Waals surface area contributed by atoms with E-state index >= 15 is 0 Å². The molecule has 5 heteroatoms. The summed E-state index contributed by atoms with van der Waals surface area (Å²) >= 11 is 0. The van der Waals surface area contributed by atoms with Crippen LogP contribution in [0.1, 0.15) is 37.7 Å². The van der Waals surface area contributed by atoms with E-state index < -0.39 is 0 Å². The van der Waals surface area contributed by atoms with Crippen molar-refractivity contribution in [2.24, 2.45) is 0 Å². The highest BCUT2D eigenvalue weighted by atomic mass is 16.5. The van der Waals surface area contributed by atoms with Crippen LogP contribution in [-0.2, 0) is 4.79 Å². The Kier molecular flexibility index (Phi) is 4.10. The first-order valence-electron chi connectivity index (χ1n) is 7.76. The number of hydrogen-bond acceptors (Lipinski definition) is 4. The number of carbonyl (C=O) groups excluding carboxylic acids is 1. The summed E-state index contributed by atoms with van der Waals surface area (Å²) in [5.74, 6) is 0.795. The third kappa shape index (κ3) is 3.73. The molecule has 1 unspecified atom stereocenters. The Morgan fingerprint density at radius 3 is 3.10 bits per heavy atom. The Bertz CT molecular complexity index is 508. The molecule has 2 fully saturated rings. The van der Waals surface area contributed by atoms with Crippen LogP contribution in [0.15, 0.2) is 18.3 Å². The summed E-state index contributed by atoms with van der Waals surface area (Å²) in [4.78, 5) is 16.3. The largest absolute Gasteiger partial charge is 0.475 e. The summed E-state index contributed by atoms with van der Waals surface area (Å²) in [5.41, 5.74) is 0.856. The lowest BCUT2D eigenvalue weighted by atomic mass is 10.1. The van der Waals surface area contributed by atoms with Crippen LogP contribution in [0.25, 0.3) is 0 Å². The molecule has 1 aliphatic heterocycles. The first kappa shape index (κ1) is 14.3. The van der Waals surface area contributed by atoms with Gasteiger partial charge in [0, 0.05) is 24.2 Å². The van der Waals surface area contributed by atoms with Crippen molar-refractivity contribution in [3.05, 3.63) is 23.9 Å². The van der Waals surface area contributed by atoms with E-state index in [4.69, 9.17) is 4.74 Å². The van der Waals surface area contributed by atoms with Gasteiger partial charge >= 0.3 is 0 Å². The fourth-order valence-corrected chi connectivity index (χ4v) is 2.79. The number of amides is 1. The number of carbonyl (C=O) groups is 1. The molecule has 1 aromatic rings. The number of ether oxygens (including phenoxy) is 1. The van der Waals surface area contributed by atoms with Gasteiger partial charge in [0.25, 0.3) is 0 Å². The highest BCUT2D eigenvalue weighted by Crippen LogP contribution is 2.36. The number of nitrogens with one attached hydrogen (secondary N) is 2. The van der Waals surface area contributed by atoms with Gasteiger partial charge in [-0.25, -0.2) is 4.98 Å². The first-order valence-corrected chi connectivity index (χ1v) is 7.76. The van der Waals surface area contributed by atoms with E-state index in [-0.39, 0.29) is 11.4 Å². The monoisotopic (exact) mass is 289 g/mol. The van der Waals surface area contributed by atoms with Crippen LogP contribution >= 0.6 is 0 Å². The van der Waals surface area contributed by atoms with Crippen molar-refractivity contribution >= 4 is 5.91 Å². The maximum atomic E-state index is 12.1. The topological polar surface area (TPSA) is 63.2 Å². The molecule has 0 radical (unpaired) electrons. The molecule has 21 heavy (non-hydrogen) atoms. The number of rotatable bonds is 6. The Balaban J connectivity index is 1.48. The first-order chi connectivity index (χ1) is 10.2. The second-order valence-electron chi connectivity index (χ2n) is 6.24. The van der Waals surface area contributed by atoms with Gasteiger partial charge in [-0.15, -0.1) is 0 Å². The average molecular weight is 289 g/mol. The minimum atomic E-state index is -0.167. The number of aromatic nitrogens is 1. The van der Waals surface area contributed by atoms with Crippen molar-refractivity contribution < 1.29 is 9.53 Å². The Morgan fingerprint density at radius 2 is 2.43 bits per heavy atom. The number of hydrogen-bond donors (Lipinski definition) is 2. The van der Waals surface area contributed by atoms with Crippen molar-refractivity contribution in [3.63, 3.8) is 0 Å². The number of pyridine rings is 1. The van der Waals surface area contributed by atoms with Crippen LogP contribution in [-0.4, -0.2) is 35.6 Å². The fourth-order valence-electron chi connectivity index (χ4n) is 2.79. The smallest absolute Gasteiger partial charge is 0.222 e. The van der Waals surface area contributed by atoms with Gasteiger partial charge in [0.1, 0.15) is 6.61 Å². The lowest BCUT2D eigenvalue weighted by Crippen LogP contribution is -2.43. The average Bonchev–Trinajstić information content (AvgIpc) is 3.02. The molecule has 5 nitrogen and oxygen atoms in total. The van der Waals surface area contributed by atoms with Crippen LogP contribution < -0.4 is 15.4 Å². The maximum Gasteiger partial charge on any atom is 0.222 e. The zero-order chi connectivity index (χ0) is 14.7. The van der Waals surface area contributed by atoms with E-state index in [9.17, 15) is 4.79 Å². The molecule has 0 bridgehead atoms. The van der Waals surface area contributed by atoms with Crippen LogP contribution in [0.2, 0.25) is 0 Å². The fraction of sp³-hybridized carbons (Fsp3) is 0.625. The molecule has 0 spiro atoms. The molecule has 2 aliphatic rings. The predicted molar refractivity (Wildman–Crippen MR) is 80.2 cm³/mol. The highest BCUT2D eigenvalue weighted by molar-refractivity contribution is 5.78. The van der Waals surface area contributed by atoms with Gasteiger partial charge in [0.2, 0.25) is 11.8 Å². The standard InChI is InChI=1S/C16H23N3O2/c1-12-4-2-9-18-15(12)21-11-16(6-7-16)19-14(20)10-13-5-3-8-17-13/h2,4,9,13,17H,3,5-8,10-11H2,1H3,(H,19,20). The summed E-state index contributed by atoms with van der Waals surface area (Å²) in [6.45, 7) is 3.52. The summed E-state index contributed by atoms with van der Waals surface area (Å²) in [6, 6.07) is 4.22. The molecule has 1 atom stereocenters. The molecule has 1 saturated heterocycles. The van der Waals surface area contributed by atoms with Crippen molar-refractivity contribution in [2.45, 2.75) is 50.6 Å².